The molecule has 14 heavy (non-hydrogen) atoms. The molecule has 1 aromatic rings. The van der Waals surface area contributed by atoms with E-state index in [1.54, 1.807) is 0 Å². The maximum Gasteiger partial charge on any atom is 0.144 e. The van der Waals surface area contributed by atoms with E-state index in [9.17, 15) is 5.11 Å². The van der Waals surface area contributed by atoms with Crippen LogP contribution >= 0.6 is 0 Å². The van der Waals surface area contributed by atoms with Crippen molar-refractivity contribution >= 4 is 6.08 Å². The second kappa shape index (κ2) is 1.95. The Bertz CT molecular complexity index is 463. The lowest BCUT2D eigenvalue weighted by Crippen LogP contribution is -2.11. The monoisotopic (exact) mass is 186 g/mol. The molecular weight excluding hydrogens is 176 g/mol. The minimum Gasteiger partial charge on any atom is -0.390 e. The van der Waals surface area contributed by atoms with E-state index in [2.05, 4.69) is 18.2 Å². The molecule has 0 aromatic heterocycles. The lowest BCUT2D eigenvalue weighted by molar-refractivity contribution is 0.128. The Hall–Kier alpha value is -1.12. The molecule has 3 aliphatic rings. The highest BCUT2D eigenvalue weighted by atomic mass is 16.6. The number of aliphatic hydroxyl groups excluding tert-OH is 1. The van der Waals surface area contributed by atoms with Crippen molar-refractivity contribution in [3.05, 3.63) is 41.0 Å². The fourth-order valence-corrected chi connectivity index (χ4v) is 2.96. The minimum absolute atomic E-state index is 0.0254. The van der Waals surface area contributed by atoms with Crippen molar-refractivity contribution in [3.63, 3.8) is 0 Å². The zero-order valence-electron chi connectivity index (χ0n) is 7.60. The topological polar surface area (TPSA) is 32.8 Å². The summed E-state index contributed by atoms with van der Waals surface area (Å²) in [4.78, 5) is 0. The molecule has 0 bridgehead atoms. The van der Waals surface area contributed by atoms with Crippen molar-refractivity contribution in [3.8, 4) is 0 Å². The molecule has 2 heteroatoms. The van der Waals surface area contributed by atoms with E-state index in [1.165, 1.54) is 16.7 Å². The van der Waals surface area contributed by atoms with Crippen molar-refractivity contribution in [1.82, 2.24) is 0 Å². The van der Waals surface area contributed by atoms with Gasteiger partial charge in [0.1, 0.15) is 11.7 Å². The Balaban J connectivity index is 1.98. The van der Waals surface area contributed by atoms with E-state index in [4.69, 9.17) is 4.74 Å². The summed E-state index contributed by atoms with van der Waals surface area (Å²) < 4.78 is 5.68. The number of aliphatic hydroxyl groups is 1. The van der Waals surface area contributed by atoms with Crippen LogP contribution in [0.5, 0.6) is 0 Å². The Morgan fingerprint density at radius 3 is 3.07 bits per heavy atom. The lowest BCUT2D eigenvalue weighted by atomic mass is 9.97. The maximum absolute atomic E-state index is 9.70. The number of rotatable bonds is 0. The number of hydrogen-bond donors (Lipinski definition) is 1. The van der Waals surface area contributed by atoms with Crippen LogP contribution in [-0.2, 0) is 10.3 Å². The molecular formula is C12H10O2. The summed E-state index contributed by atoms with van der Waals surface area (Å²) in [6.45, 7) is 0. The van der Waals surface area contributed by atoms with Gasteiger partial charge in [-0.15, -0.1) is 0 Å². The first kappa shape index (κ1) is 7.21. The average Bonchev–Trinajstić information content (AvgIpc) is 2.77. The minimum atomic E-state index is -0.297. The van der Waals surface area contributed by atoms with Crippen LogP contribution in [0.3, 0.4) is 0 Å². The van der Waals surface area contributed by atoms with Crippen molar-refractivity contribution < 1.29 is 9.84 Å². The Labute approximate surface area is 81.8 Å². The molecule has 1 N–H and O–H groups in total. The number of benzene rings is 1. The summed E-state index contributed by atoms with van der Waals surface area (Å²) in [6.07, 6.45) is 2.68. The van der Waals surface area contributed by atoms with Crippen LogP contribution in [0.4, 0.5) is 0 Å². The molecule has 0 amide bonds. The van der Waals surface area contributed by atoms with Gasteiger partial charge in [0.25, 0.3) is 0 Å². The van der Waals surface area contributed by atoms with Crippen molar-refractivity contribution in [1.29, 1.82) is 0 Å². The highest BCUT2D eigenvalue weighted by Crippen LogP contribution is 2.64. The molecule has 1 heterocycles. The van der Waals surface area contributed by atoms with E-state index in [1.807, 2.05) is 12.1 Å². The molecule has 0 radical (unpaired) electrons. The molecule has 70 valence electrons. The average molecular weight is 186 g/mol. The summed E-state index contributed by atoms with van der Waals surface area (Å²) in [7, 11) is 0. The molecule has 1 aromatic carbocycles. The fourth-order valence-electron chi connectivity index (χ4n) is 2.96. The molecule has 1 saturated carbocycles. The van der Waals surface area contributed by atoms with Gasteiger partial charge in [-0.1, -0.05) is 30.3 Å². The van der Waals surface area contributed by atoms with Gasteiger partial charge in [0.15, 0.2) is 0 Å². The second-order valence-corrected chi connectivity index (χ2v) is 4.30. The predicted molar refractivity (Wildman–Crippen MR) is 51.6 cm³/mol. The van der Waals surface area contributed by atoms with Gasteiger partial charge in [-0.25, -0.2) is 0 Å². The first-order valence-electron chi connectivity index (χ1n) is 4.99. The molecule has 2 nitrogen and oxygen atoms in total. The summed E-state index contributed by atoms with van der Waals surface area (Å²) in [5.41, 5.74) is 3.56. The van der Waals surface area contributed by atoms with Crippen LogP contribution in [0.2, 0.25) is 0 Å². The number of epoxide rings is 1. The zero-order valence-corrected chi connectivity index (χ0v) is 7.60. The van der Waals surface area contributed by atoms with Crippen LogP contribution in [0, 0.1) is 0 Å². The van der Waals surface area contributed by atoms with Gasteiger partial charge in [0, 0.05) is 6.42 Å². The van der Waals surface area contributed by atoms with E-state index in [-0.39, 0.29) is 17.8 Å². The summed E-state index contributed by atoms with van der Waals surface area (Å²) >= 11 is 0. The molecule has 1 spiro atoms. The molecule has 0 unspecified atom stereocenters. The first-order valence-corrected chi connectivity index (χ1v) is 4.99. The highest BCUT2D eigenvalue weighted by Gasteiger charge is 2.70. The van der Waals surface area contributed by atoms with Gasteiger partial charge < -0.3 is 9.84 Å². The summed E-state index contributed by atoms with van der Waals surface area (Å²) in [5.74, 6) is 0. The first-order chi connectivity index (χ1) is 6.82. The summed E-state index contributed by atoms with van der Waals surface area (Å²) in [6, 6.07) is 8.30. The standard InChI is InChI=1S/C12H10O2/c13-10-6-8-5-7-3-1-2-4-9(7)12(8)11(10)14-12/h1-5,10-11,13H,6H2/t10-,11-,12-/m0/s1. The van der Waals surface area contributed by atoms with E-state index < -0.39 is 0 Å². The van der Waals surface area contributed by atoms with Gasteiger partial charge in [0.2, 0.25) is 0 Å². The van der Waals surface area contributed by atoms with E-state index in [0.717, 1.165) is 6.42 Å². The highest BCUT2D eigenvalue weighted by molar-refractivity contribution is 5.72. The van der Waals surface area contributed by atoms with Gasteiger partial charge >= 0.3 is 0 Å². The van der Waals surface area contributed by atoms with Crippen LogP contribution < -0.4 is 0 Å². The Morgan fingerprint density at radius 1 is 1.36 bits per heavy atom. The van der Waals surface area contributed by atoms with Gasteiger partial charge in [0.05, 0.1) is 6.10 Å². The Morgan fingerprint density at radius 2 is 2.21 bits per heavy atom. The molecule has 3 atom stereocenters. The maximum atomic E-state index is 9.70. The molecule has 1 aliphatic heterocycles. The fraction of sp³-hybridized carbons (Fsp3) is 0.333. The largest absolute Gasteiger partial charge is 0.390 e. The SMILES string of the molecule is O[C@H]1CC2=Cc3ccccc3[C@@]23O[C@@H]13. The van der Waals surface area contributed by atoms with E-state index >= 15 is 0 Å². The second-order valence-electron chi connectivity index (χ2n) is 4.30. The van der Waals surface area contributed by atoms with Crippen LogP contribution in [0.1, 0.15) is 17.5 Å². The third-order valence-corrected chi connectivity index (χ3v) is 3.60. The van der Waals surface area contributed by atoms with Crippen LogP contribution in [0.25, 0.3) is 6.08 Å². The molecule has 2 aliphatic carbocycles. The van der Waals surface area contributed by atoms with Gasteiger partial charge in [-0.05, 0) is 16.7 Å². The van der Waals surface area contributed by atoms with Gasteiger partial charge in [-0.2, -0.15) is 0 Å². The molecule has 1 saturated heterocycles. The zero-order chi connectivity index (χ0) is 9.34. The van der Waals surface area contributed by atoms with Crippen molar-refractivity contribution in [2.45, 2.75) is 24.2 Å². The Kier molecular flexibility index (Phi) is 1.00. The predicted octanol–water partition coefficient (Wildman–Crippen LogP) is 1.44. The number of hydrogen-bond acceptors (Lipinski definition) is 2. The van der Waals surface area contributed by atoms with Crippen LogP contribution in [-0.4, -0.2) is 17.3 Å². The van der Waals surface area contributed by atoms with Gasteiger partial charge in [-0.3, -0.25) is 0 Å². The van der Waals surface area contributed by atoms with Crippen LogP contribution in [0.15, 0.2) is 29.8 Å². The smallest absolute Gasteiger partial charge is 0.144 e. The molecule has 4 rings (SSSR count). The van der Waals surface area contributed by atoms with E-state index in [0.29, 0.717) is 0 Å². The third-order valence-electron chi connectivity index (χ3n) is 3.60. The number of fused-ring (bicyclic) bond motifs is 1. The summed E-state index contributed by atoms with van der Waals surface area (Å²) in [5, 5.41) is 9.70. The third kappa shape index (κ3) is 0.578. The normalized spacial score (nSPS) is 41.4. The lowest BCUT2D eigenvalue weighted by Gasteiger charge is -2.06. The van der Waals surface area contributed by atoms with Crippen molar-refractivity contribution in [2.24, 2.45) is 0 Å². The van der Waals surface area contributed by atoms with Crippen molar-refractivity contribution in [2.75, 3.05) is 0 Å². The quantitative estimate of drug-likeness (QED) is 0.622. The molecule has 2 fully saturated rings. The number of ether oxygens (including phenoxy) is 1.